The molecule has 0 radical (unpaired) electrons. The molecule has 0 bridgehead atoms. The number of halogens is 1. The summed E-state index contributed by atoms with van der Waals surface area (Å²) in [5.41, 5.74) is 6.95. The van der Waals surface area contributed by atoms with Gasteiger partial charge in [-0.15, -0.1) is 0 Å². The molecule has 0 saturated carbocycles. The quantitative estimate of drug-likeness (QED) is 0.684. The normalized spacial score (nSPS) is 10.8. The number of anilines is 2. The van der Waals surface area contributed by atoms with Crippen molar-refractivity contribution in [3.05, 3.63) is 17.9 Å². The van der Waals surface area contributed by atoms with Crippen LogP contribution in [-0.4, -0.2) is 37.7 Å². The van der Waals surface area contributed by atoms with Crippen molar-refractivity contribution in [2.24, 2.45) is 0 Å². The zero-order valence-electron chi connectivity index (χ0n) is 12.7. The van der Waals surface area contributed by atoms with Gasteiger partial charge in [0.1, 0.15) is 0 Å². The Morgan fingerprint density at radius 2 is 2.00 bits per heavy atom. The highest BCUT2D eigenvalue weighted by molar-refractivity contribution is 5.68. The molecule has 0 atom stereocenters. The Kier molecular flexibility index (Phi) is 7.15. The summed E-state index contributed by atoms with van der Waals surface area (Å²) in [4.78, 5) is 2.36. The van der Waals surface area contributed by atoms with Crippen molar-refractivity contribution < 1.29 is 9.13 Å². The average Bonchev–Trinajstić information content (AvgIpc) is 2.42. The molecule has 5 heteroatoms. The standard InChI is InChI=1S/C15H26FN3O/c1-4-8-19(5-2)9-7-18-14-11-15(20-6-3)12(16)10-13(14)17/h10-11,18H,4-9,17H2,1-3H3. The molecule has 1 aromatic carbocycles. The van der Waals surface area contributed by atoms with Crippen LogP contribution in [0.25, 0.3) is 0 Å². The first-order chi connectivity index (χ1) is 9.62. The maximum Gasteiger partial charge on any atom is 0.167 e. The number of nitrogens with two attached hydrogens (primary N) is 1. The van der Waals surface area contributed by atoms with Crippen molar-refractivity contribution >= 4 is 11.4 Å². The van der Waals surface area contributed by atoms with E-state index in [1.54, 1.807) is 6.07 Å². The number of hydrogen-bond acceptors (Lipinski definition) is 4. The van der Waals surface area contributed by atoms with Crippen molar-refractivity contribution in [2.45, 2.75) is 27.2 Å². The van der Waals surface area contributed by atoms with Gasteiger partial charge < -0.3 is 20.7 Å². The zero-order valence-corrected chi connectivity index (χ0v) is 12.7. The second-order valence-corrected chi connectivity index (χ2v) is 4.66. The lowest BCUT2D eigenvalue weighted by Crippen LogP contribution is -2.29. The van der Waals surface area contributed by atoms with Gasteiger partial charge in [0.15, 0.2) is 11.6 Å². The van der Waals surface area contributed by atoms with Crippen molar-refractivity contribution in [1.29, 1.82) is 0 Å². The fraction of sp³-hybridized carbons (Fsp3) is 0.600. The fourth-order valence-electron chi connectivity index (χ4n) is 2.08. The fourth-order valence-corrected chi connectivity index (χ4v) is 2.08. The molecule has 0 aliphatic rings. The largest absolute Gasteiger partial charge is 0.491 e. The third kappa shape index (κ3) is 4.89. The zero-order chi connectivity index (χ0) is 15.0. The number of likely N-dealkylation sites (N-methyl/N-ethyl adjacent to an activating group) is 1. The van der Waals surface area contributed by atoms with Crippen LogP contribution in [0.1, 0.15) is 27.2 Å². The predicted octanol–water partition coefficient (Wildman–Crippen LogP) is 2.95. The second kappa shape index (κ2) is 8.64. The van der Waals surface area contributed by atoms with E-state index in [-0.39, 0.29) is 5.75 Å². The Morgan fingerprint density at radius 3 is 2.60 bits per heavy atom. The Hall–Kier alpha value is -1.49. The molecule has 1 rings (SSSR count). The number of rotatable bonds is 9. The monoisotopic (exact) mass is 283 g/mol. The summed E-state index contributed by atoms with van der Waals surface area (Å²) in [6, 6.07) is 2.93. The van der Waals surface area contributed by atoms with E-state index in [2.05, 4.69) is 24.1 Å². The molecule has 4 nitrogen and oxygen atoms in total. The molecule has 0 aliphatic heterocycles. The van der Waals surface area contributed by atoms with E-state index in [4.69, 9.17) is 10.5 Å². The van der Waals surface area contributed by atoms with Gasteiger partial charge in [-0.3, -0.25) is 0 Å². The Labute approximate surface area is 121 Å². The molecule has 20 heavy (non-hydrogen) atoms. The molecule has 0 amide bonds. The Morgan fingerprint density at radius 1 is 1.25 bits per heavy atom. The number of hydrogen-bond donors (Lipinski definition) is 2. The summed E-state index contributed by atoms with van der Waals surface area (Å²) in [6.07, 6.45) is 1.14. The highest BCUT2D eigenvalue weighted by Crippen LogP contribution is 2.28. The molecule has 0 aromatic heterocycles. The lowest BCUT2D eigenvalue weighted by molar-refractivity contribution is 0.300. The number of nitrogens with zero attached hydrogens (tertiary/aromatic N) is 1. The highest BCUT2D eigenvalue weighted by Gasteiger charge is 2.09. The van der Waals surface area contributed by atoms with Gasteiger partial charge >= 0.3 is 0 Å². The minimum atomic E-state index is -0.420. The van der Waals surface area contributed by atoms with Gasteiger partial charge in [-0.1, -0.05) is 13.8 Å². The van der Waals surface area contributed by atoms with Crippen LogP contribution in [-0.2, 0) is 0 Å². The van der Waals surface area contributed by atoms with E-state index in [1.165, 1.54) is 6.07 Å². The molecule has 0 fully saturated rings. The van der Waals surface area contributed by atoms with Gasteiger partial charge in [0, 0.05) is 25.2 Å². The van der Waals surface area contributed by atoms with Crippen LogP contribution < -0.4 is 15.8 Å². The third-order valence-corrected chi connectivity index (χ3v) is 3.13. The molecule has 114 valence electrons. The molecule has 0 aliphatic carbocycles. The molecule has 3 N–H and O–H groups in total. The lowest BCUT2D eigenvalue weighted by atomic mass is 10.2. The van der Waals surface area contributed by atoms with Crippen molar-refractivity contribution in [1.82, 2.24) is 4.90 Å². The topological polar surface area (TPSA) is 50.5 Å². The number of benzene rings is 1. The maximum atomic E-state index is 13.6. The lowest BCUT2D eigenvalue weighted by Gasteiger charge is -2.20. The minimum absolute atomic E-state index is 0.241. The number of nitrogen functional groups attached to an aromatic ring is 1. The summed E-state index contributed by atoms with van der Waals surface area (Å²) < 4.78 is 18.8. The summed E-state index contributed by atoms with van der Waals surface area (Å²) in [5.74, 6) is -0.179. The molecule has 0 spiro atoms. The summed E-state index contributed by atoms with van der Waals surface area (Å²) >= 11 is 0. The van der Waals surface area contributed by atoms with Crippen LogP contribution in [0.5, 0.6) is 5.75 Å². The van der Waals surface area contributed by atoms with Crippen LogP contribution in [0.15, 0.2) is 12.1 Å². The predicted molar refractivity (Wildman–Crippen MR) is 82.9 cm³/mol. The first-order valence-corrected chi connectivity index (χ1v) is 7.30. The summed E-state index contributed by atoms with van der Waals surface area (Å²) in [7, 11) is 0. The van der Waals surface area contributed by atoms with Crippen LogP contribution >= 0.6 is 0 Å². The SMILES string of the molecule is CCCN(CC)CCNc1cc(OCC)c(F)cc1N. The average molecular weight is 283 g/mol. The third-order valence-electron chi connectivity index (χ3n) is 3.13. The minimum Gasteiger partial charge on any atom is -0.491 e. The van der Waals surface area contributed by atoms with Gasteiger partial charge in [-0.25, -0.2) is 4.39 Å². The number of nitrogens with one attached hydrogen (secondary N) is 1. The van der Waals surface area contributed by atoms with Gasteiger partial charge in [-0.2, -0.15) is 0 Å². The van der Waals surface area contributed by atoms with Crippen LogP contribution in [0.3, 0.4) is 0 Å². The van der Waals surface area contributed by atoms with Gasteiger partial charge in [-0.05, 0) is 26.4 Å². The van der Waals surface area contributed by atoms with Crippen molar-refractivity contribution in [2.75, 3.05) is 43.8 Å². The molecular weight excluding hydrogens is 257 g/mol. The van der Waals surface area contributed by atoms with E-state index in [1.807, 2.05) is 6.92 Å². The van der Waals surface area contributed by atoms with Gasteiger partial charge in [0.2, 0.25) is 0 Å². The van der Waals surface area contributed by atoms with Crippen LogP contribution in [0.4, 0.5) is 15.8 Å². The molecule has 0 heterocycles. The van der Waals surface area contributed by atoms with Gasteiger partial charge in [0.05, 0.1) is 18.0 Å². The van der Waals surface area contributed by atoms with E-state index in [9.17, 15) is 4.39 Å². The van der Waals surface area contributed by atoms with E-state index < -0.39 is 5.82 Å². The molecular formula is C15H26FN3O. The summed E-state index contributed by atoms with van der Waals surface area (Å²) in [6.45, 7) is 10.4. The van der Waals surface area contributed by atoms with Crippen LogP contribution in [0, 0.1) is 5.82 Å². The molecule has 1 aromatic rings. The van der Waals surface area contributed by atoms with E-state index >= 15 is 0 Å². The molecule has 0 unspecified atom stereocenters. The van der Waals surface area contributed by atoms with Crippen molar-refractivity contribution in [3.8, 4) is 5.75 Å². The summed E-state index contributed by atoms with van der Waals surface area (Å²) in [5, 5.41) is 3.25. The Bertz CT molecular complexity index is 412. The highest BCUT2D eigenvalue weighted by atomic mass is 19.1. The first kappa shape index (κ1) is 16.6. The first-order valence-electron chi connectivity index (χ1n) is 7.30. The van der Waals surface area contributed by atoms with Crippen molar-refractivity contribution in [3.63, 3.8) is 0 Å². The maximum absolute atomic E-state index is 13.6. The van der Waals surface area contributed by atoms with E-state index in [0.29, 0.717) is 12.3 Å². The Balaban J connectivity index is 2.60. The molecule has 0 saturated heterocycles. The number of ether oxygens (including phenoxy) is 1. The second-order valence-electron chi connectivity index (χ2n) is 4.66. The smallest absolute Gasteiger partial charge is 0.167 e. The van der Waals surface area contributed by atoms with Gasteiger partial charge in [0.25, 0.3) is 0 Å². The van der Waals surface area contributed by atoms with Crippen LogP contribution in [0.2, 0.25) is 0 Å². The van der Waals surface area contributed by atoms with E-state index in [0.717, 1.165) is 38.3 Å².